The lowest BCUT2D eigenvalue weighted by Crippen LogP contribution is -2.42. The fourth-order valence-corrected chi connectivity index (χ4v) is 3.94. The molecule has 0 bridgehead atoms. The van der Waals surface area contributed by atoms with Gasteiger partial charge >= 0.3 is 0 Å². The average Bonchev–Trinajstić information content (AvgIpc) is 2.46. The first-order chi connectivity index (χ1) is 6.83. The summed E-state index contributed by atoms with van der Waals surface area (Å²) in [6.07, 6.45) is 13.2. The summed E-state index contributed by atoms with van der Waals surface area (Å²) in [5.74, 6) is 1.96. The molecule has 2 fully saturated rings. The number of fused-ring (bicyclic) bond motifs is 1. The number of rotatable bonds is 5. The molecule has 14 heavy (non-hydrogen) atoms. The predicted molar refractivity (Wildman–Crippen MR) is 61.9 cm³/mol. The summed E-state index contributed by atoms with van der Waals surface area (Å²) < 4.78 is 0. The lowest BCUT2D eigenvalue weighted by molar-refractivity contribution is -0.00726. The van der Waals surface area contributed by atoms with Crippen LogP contribution in [0.25, 0.3) is 0 Å². The Hall–Kier alpha value is -0.260. The topological polar surface area (TPSA) is 0 Å². The summed E-state index contributed by atoms with van der Waals surface area (Å²) in [4.78, 5) is 0. The first-order valence-corrected chi connectivity index (χ1v) is 6.23. The minimum atomic E-state index is 0.741. The highest BCUT2D eigenvalue weighted by molar-refractivity contribution is 5.03. The minimum absolute atomic E-state index is 0.741. The van der Waals surface area contributed by atoms with E-state index in [9.17, 15) is 0 Å². The molecule has 0 heterocycles. The van der Waals surface area contributed by atoms with E-state index in [0.29, 0.717) is 0 Å². The monoisotopic (exact) mass is 191 g/mol. The molecule has 3 atom stereocenters. The third-order valence-corrected chi connectivity index (χ3v) is 4.85. The fourth-order valence-electron chi connectivity index (χ4n) is 3.94. The molecule has 0 N–H and O–H groups in total. The molecule has 2 aliphatic carbocycles. The van der Waals surface area contributed by atoms with E-state index in [1.807, 2.05) is 0 Å². The zero-order valence-corrected chi connectivity index (χ0v) is 9.30. The Morgan fingerprint density at radius 2 is 2.21 bits per heavy atom. The molecule has 0 saturated heterocycles. The van der Waals surface area contributed by atoms with Gasteiger partial charge < -0.3 is 0 Å². The van der Waals surface area contributed by atoms with Gasteiger partial charge in [0.05, 0.1) is 0 Å². The second kappa shape index (κ2) is 4.08. The van der Waals surface area contributed by atoms with E-state index < -0.39 is 0 Å². The van der Waals surface area contributed by atoms with Crippen LogP contribution >= 0.6 is 0 Å². The Bertz CT molecular complexity index is 206. The van der Waals surface area contributed by atoms with Gasteiger partial charge in [-0.2, -0.15) is 0 Å². The van der Waals surface area contributed by atoms with E-state index in [2.05, 4.69) is 19.6 Å². The van der Waals surface area contributed by atoms with Crippen molar-refractivity contribution in [3.63, 3.8) is 0 Å². The van der Waals surface area contributed by atoms with Crippen LogP contribution in [0.3, 0.4) is 0 Å². The summed E-state index contributed by atoms with van der Waals surface area (Å²) in [5, 5.41) is 0. The molecular formula is C14H23. The molecule has 0 aromatic carbocycles. The molecule has 3 unspecified atom stereocenters. The summed E-state index contributed by atoms with van der Waals surface area (Å²) in [5.41, 5.74) is 0.741. The van der Waals surface area contributed by atoms with Crippen molar-refractivity contribution in [2.24, 2.45) is 17.3 Å². The summed E-state index contributed by atoms with van der Waals surface area (Å²) >= 11 is 0. The molecule has 2 aliphatic rings. The van der Waals surface area contributed by atoms with Gasteiger partial charge in [-0.1, -0.05) is 19.4 Å². The average molecular weight is 191 g/mol. The molecule has 0 nitrogen and oxygen atoms in total. The van der Waals surface area contributed by atoms with Crippen molar-refractivity contribution < 1.29 is 0 Å². The Labute approximate surface area is 88.8 Å². The lowest BCUT2D eigenvalue weighted by atomic mass is 9.54. The van der Waals surface area contributed by atoms with Crippen molar-refractivity contribution in [2.45, 2.75) is 51.4 Å². The number of hydrogen-bond donors (Lipinski definition) is 0. The fraction of sp³-hybridized carbons (Fsp3) is 0.786. The van der Waals surface area contributed by atoms with Gasteiger partial charge in [0.2, 0.25) is 0 Å². The van der Waals surface area contributed by atoms with Gasteiger partial charge in [-0.05, 0) is 62.2 Å². The zero-order valence-electron chi connectivity index (χ0n) is 9.30. The van der Waals surface area contributed by atoms with Crippen molar-refractivity contribution in [2.75, 3.05) is 0 Å². The van der Waals surface area contributed by atoms with Crippen molar-refractivity contribution in [3.8, 4) is 0 Å². The third kappa shape index (κ3) is 1.43. The Balaban J connectivity index is 1.99. The van der Waals surface area contributed by atoms with Gasteiger partial charge in [-0.3, -0.25) is 0 Å². The van der Waals surface area contributed by atoms with Crippen LogP contribution in [0.2, 0.25) is 0 Å². The number of allylic oxidation sites excluding steroid dienone is 1. The highest BCUT2D eigenvalue weighted by Crippen LogP contribution is 2.63. The van der Waals surface area contributed by atoms with E-state index in [1.54, 1.807) is 0 Å². The Morgan fingerprint density at radius 1 is 1.36 bits per heavy atom. The van der Waals surface area contributed by atoms with Crippen LogP contribution in [0.5, 0.6) is 0 Å². The van der Waals surface area contributed by atoms with Crippen LogP contribution in [0.15, 0.2) is 12.7 Å². The summed E-state index contributed by atoms with van der Waals surface area (Å²) in [6.45, 7) is 8.00. The van der Waals surface area contributed by atoms with Crippen LogP contribution < -0.4 is 0 Å². The third-order valence-electron chi connectivity index (χ3n) is 4.85. The van der Waals surface area contributed by atoms with Gasteiger partial charge in [-0.15, -0.1) is 6.58 Å². The van der Waals surface area contributed by atoms with Gasteiger partial charge in [0.25, 0.3) is 0 Å². The van der Waals surface area contributed by atoms with E-state index >= 15 is 0 Å². The molecule has 0 heteroatoms. The molecule has 0 aliphatic heterocycles. The maximum absolute atomic E-state index is 4.16. The maximum Gasteiger partial charge on any atom is -0.0241 e. The minimum Gasteiger partial charge on any atom is -0.103 e. The van der Waals surface area contributed by atoms with Crippen molar-refractivity contribution in [1.82, 2.24) is 0 Å². The first-order valence-electron chi connectivity index (χ1n) is 6.23. The van der Waals surface area contributed by atoms with E-state index in [-0.39, 0.29) is 0 Å². The molecule has 2 rings (SSSR count). The van der Waals surface area contributed by atoms with Crippen molar-refractivity contribution >= 4 is 0 Å². The van der Waals surface area contributed by atoms with E-state index in [4.69, 9.17) is 0 Å². The summed E-state index contributed by atoms with van der Waals surface area (Å²) in [7, 11) is 0. The smallest absolute Gasteiger partial charge is 0.0241 e. The zero-order chi connectivity index (χ0) is 10.0. The van der Waals surface area contributed by atoms with E-state index in [1.165, 1.54) is 44.9 Å². The Kier molecular flexibility index (Phi) is 2.99. The molecule has 79 valence electrons. The van der Waals surface area contributed by atoms with Gasteiger partial charge in [-0.25, -0.2) is 0 Å². The predicted octanol–water partition coefficient (Wildman–Crippen LogP) is 4.37. The van der Waals surface area contributed by atoms with Crippen LogP contribution in [0.4, 0.5) is 0 Å². The van der Waals surface area contributed by atoms with Crippen LogP contribution in [-0.2, 0) is 0 Å². The van der Waals surface area contributed by atoms with Crippen molar-refractivity contribution in [3.05, 3.63) is 19.6 Å². The van der Waals surface area contributed by atoms with Gasteiger partial charge in [0.15, 0.2) is 0 Å². The van der Waals surface area contributed by atoms with E-state index in [0.717, 1.165) is 23.7 Å². The van der Waals surface area contributed by atoms with Crippen LogP contribution in [-0.4, -0.2) is 0 Å². The Morgan fingerprint density at radius 3 is 2.71 bits per heavy atom. The van der Waals surface area contributed by atoms with Gasteiger partial charge in [0.1, 0.15) is 0 Å². The summed E-state index contributed by atoms with van der Waals surface area (Å²) in [6, 6.07) is 0. The van der Waals surface area contributed by atoms with Crippen molar-refractivity contribution in [1.29, 1.82) is 0 Å². The number of hydrogen-bond acceptors (Lipinski definition) is 0. The highest BCUT2D eigenvalue weighted by Gasteiger charge is 2.52. The first kappa shape index (κ1) is 10.3. The maximum atomic E-state index is 4.16. The molecule has 0 spiro atoms. The van der Waals surface area contributed by atoms with Crippen LogP contribution in [0.1, 0.15) is 51.4 Å². The largest absolute Gasteiger partial charge is 0.103 e. The molecule has 0 aromatic rings. The lowest BCUT2D eigenvalue weighted by Gasteiger charge is -2.51. The second-order valence-corrected chi connectivity index (χ2v) is 5.21. The molecular weight excluding hydrogens is 168 g/mol. The second-order valence-electron chi connectivity index (χ2n) is 5.21. The van der Waals surface area contributed by atoms with Gasteiger partial charge in [0, 0.05) is 0 Å². The van der Waals surface area contributed by atoms with Crippen LogP contribution in [0, 0.1) is 24.2 Å². The molecule has 1 radical (unpaired) electrons. The standard InChI is InChI=1S/C14H23/c1-3-5-7-12(4-2)14-10-6-8-13(14)9-11-14/h3,12-13H,1-2,4-11H2. The SMILES string of the molecule is [CH2]CC(CCC=C)C12CCCC1CC2. The quantitative estimate of drug-likeness (QED) is 0.566. The molecule has 0 aromatic heterocycles. The molecule has 2 saturated carbocycles. The molecule has 0 amide bonds. The highest BCUT2D eigenvalue weighted by atomic mass is 14.6. The normalized spacial score (nSPS) is 37.4.